The average Bonchev–Trinajstić information content (AvgIpc) is 1.80. The predicted octanol–water partition coefficient (Wildman–Crippen LogP) is 4.24. The fourth-order valence-corrected chi connectivity index (χ4v) is 0. The third-order valence-corrected chi connectivity index (χ3v) is 0.805. The van der Waals surface area contributed by atoms with Crippen LogP contribution >= 0.6 is 0 Å². The van der Waals surface area contributed by atoms with Crippen molar-refractivity contribution in [1.29, 1.82) is 0 Å². The number of alkyl halides is 8. The van der Waals surface area contributed by atoms with E-state index in [4.69, 9.17) is 0 Å². The Morgan fingerprint density at radius 2 is 1.00 bits per heavy atom. The fraction of sp³-hybridized carbons (Fsp3) is 0.667. The van der Waals surface area contributed by atoms with E-state index in [9.17, 15) is 39.5 Å². The average molecular weight is 248 g/mol. The molecule has 0 amide bonds. The Bertz CT molecular complexity index is 190. The second-order valence-electron chi connectivity index (χ2n) is 2.29. The van der Waals surface area contributed by atoms with E-state index >= 15 is 0 Å². The Balaban J connectivity index is 0. The third-order valence-electron chi connectivity index (χ3n) is 0.805. The molecule has 0 saturated heterocycles. The first-order valence-corrected chi connectivity index (χ1v) is 3.05. The van der Waals surface area contributed by atoms with Gasteiger partial charge in [0.15, 0.2) is 5.83 Å². The molecule has 0 aliphatic heterocycles. The second-order valence-corrected chi connectivity index (χ2v) is 2.29. The highest BCUT2D eigenvalue weighted by atomic mass is 19.4. The molecule has 0 aliphatic rings. The molecule has 15 heavy (non-hydrogen) atoms. The van der Waals surface area contributed by atoms with Crippen LogP contribution in [0.2, 0.25) is 0 Å². The Labute approximate surface area is 78.4 Å². The number of hydrogen-bond acceptors (Lipinski definition) is 0. The summed E-state index contributed by atoms with van der Waals surface area (Å²) in [6.45, 7) is 1.85. The zero-order chi connectivity index (χ0) is 13.1. The molecular weight excluding hydrogens is 243 g/mol. The van der Waals surface area contributed by atoms with Crippen molar-refractivity contribution in [2.45, 2.75) is 25.2 Å². The van der Waals surface area contributed by atoms with Gasteiger partial charge in [0.25, 0.3) is 0 Å². The first-order valence-electron chi connectivity index (χ1n) is 3.05. The van der Waals surface area contributed by atoms with Crippen LogP contribution in [-0.2, 0) is 0 Å². The lowest BCUT2D eigenvalue weighted by Crippen LogP contribution is -2.32. The quantitative estimate of drug-likeness (QED) is 0.562. The maximum Gasteiger partial charge on any atom is 0.452 e. The van der Waals surface area contributed by atoms with E-state index in [0.717, 1.165) is 0 Å². The SMILES string of the molecule is C=C(F)C(F)(F)F.CC(F)(F)C(F)(F)F. The van der Waals surface area contributed by atoms with E-state index in [1.165, 1.54) is 0 Å². The highest BCUT2D eigenvalue weighted by Crippen LogP contribution is 2.34. The molecule has 0 aromatic rings. The van der Waals surface area contributed by atoms with Crippen LogP contribution in [0.1, 0.15) is 6.92 Å². The van der Waals surface area contributed by atoms with Crippen LogP contribution in [0.15, 0.2) is 12.4 Å². The molecular formula is C6H5F9. The van der Waals surface area contributed by atoms with E-state index in [0.29, 0.717) is 0 Å². The highest BCUT2D eigenvalue weighted by Gasteiger charge is 2.52. The lowest BCUT2D eigenvalue weighted by molar-refractivity contribution is -0.273. The first-order chi connectivity index (χ1) is 6.19. The standard InChI is InChI=1S/C3H3F5.C3H2F4/c1-2(4,5)3(6,7)8;1-2(4)3(5,6)7/h1H3;1H2. The molecule has 0 rings (SSSR count). The molecule has 0 heterocycles. The molecule has 0 spiro atoms. The van der Waals surface area contributed by atoms with Crippen LogP contribution in [0.4, 0.5) is 39.5 Å². The molecule has 0 radical (unpaired) electrons. The van der Waals surface area contributed by atoms with Gasteiger partial charge in [-0.25, -0.2) is 4.39 Å². The van der Waals surface area contributed by atoms with Crippen LogP contribution < -0.4 is 0 Å². The highest BCUT2D eigenvalue weighted by molar-refractivity contribution is 4.88. The second kappa shape index (κ2) is 4.75. The molecule has 0 saturated carbocycles. The first kappa shape index (κ1) is 16.5. The van der Waals surface area contributed by atoms with E-state index in [1.807, 2.05) is 6.58 Å². The van der Waals surface area contributed by atoms with E-state index < -0.39 is 24.1 Å². The minimum Gasteiger partial charge on any atom is -0.202 e. The molecule has 0 aliphatic carbocycles. The van der Waals surface area contributed by atoms with Gasteiger partial charge in [0.2, 0.25) is 0 Å². The Morgan fingerprint density at radius 3 is 1.00 bits per heavy atom. The zero-order valence-corrected chi connectivity index (χ0v) is 7.11. The van der Waals surface area contributed by atoms with Crippen LogP contribution in [0.3, 0.4) is 0 Å². The van der Waals surface area contributed by atoms with Crippen molar-refractivity contribution in [2.75, 3.05) is 0 Å². The smallest absolute Gasteiger partial charge is 0.202 e. The van der Waals surface area contributed by atoms with Gasteiger partial charge >= 0.3 is 18.3 Å². The van der Waals surface area contributed by atoms with Gasteiger partial charge in [0.1, 0.15) is 0 Å². The monoisotopic (exact) mass is 248 g/mol. The van der Waals surface area contributed by atoms with Crippen molar-refractivity contribution >= 4 is 0 Å². The maximum atomic E-state index is 11.1. The summed E-state index contributed by atoms with van der Waals surface area (Å²) >= 11 is 0. The molecule has 0 atom stereocenters. The summed E-state index contributed by atoms with van der Waals surface area (Å²) in [4.78, 5) is 0. The molecule has 0 nitrogen and oxygen atoms in total. The largest absolute Gasteiger partial charge is 0.452 e. The van der Waals surface area contributed by atoms with Crippen molar-refractivity contribution in [3.05, 3.63) is 12.4 Å². The van der Waals surface area contributed by atoms with Gasteiger partial charge in [-0.05, 0) is 0 Å². The molecule has 0 fully saturated rings. The van der Waals surface area contributed by atoms with Gasteiger partial charge in [-0.2, -0.15) is 35.1 Å². The lowest BCUT2D eigenvalue weighted by Gasteiger charge is -2.12. The molecule has 0 N–H and O–H groups in total. The minimum absolute atomic E-state index is 0.188. The molecule has 92 valence electrons. The molecule has 0 unspecified atom stereocenters. The number of halogens is 9. The van der Waals surface area contributed by atoms with Gasteiger partial charge in [-0.1, -0.05) is 6.58 Å². The van der Waals surface area contributed by atoms with E-state index in [1.54, 1.807) is 0 Å². The van der Waals surface area contributed by atoms with Crippen LogP contribution in [0.5, 0.6) is 0 Å². The number of hydrogen-bond donors (Lipinski definition) is 0. The maximum absolute atomic E-state index is 11.1. The van der Waals surface area contributed by atoms with Gasteiger partial charge in [0, 0.05) is 6.92 Å². The molecule has 0 aromatic heterocycles. The summed E-state index contributed by atoms with van der Waals surface area (Å²) in [7, 11) is 0. The molecule has 9 heteroatoms. The summed E-state index contributed by atoms with van der Waals surface area (Å²) in [6.07, 6.45) is -10.3. The minimum atomic E-state index is -5.40. The fourth-order valence-electron chi connectivity index (χ4n) is 0. The van der Waals surface area contributed by atoms with E-state index in [-0.39, 0.29) is 6.92 Å². The van der Waals surface area contributed by atoms with Crippen LogP contribution in [0, 0.1) is 0 Å². The molecule has 0 aromatic carbocycles. The third kappa shape index (κ3) is 8.13. The van der Waals surface area contributed by atoms with Crippen molar-refractivity contribution in [1.82, 2.24) is 0 Å². The van der Waals surface area contributed by atoms with Crippen LogP contribution in [-0.4, -0.2) is 18.3 Å². The van der Waals surface area contributed by atoms with Gasteiger partial charge in [-0.3, -0.25) is 0 Å². The summed E-state index contributed by atoms with van der Waals surface area (Å²) in [5.74, 6) is -6.82. The number of allylic oxidation sites excluding steroid dienone is 1. The topological polar surface area (TPSA) is 0 Å². The zero-order valence-electron chi connectivity index (χ0n) is 7.11. The van der Waals surface area contributed by atoms with Crippen molar-refractivity contribution in [3.8, 4) is 0 Å². The summed E-state index contributed by atoms with van der Waals surface area (Å²) in [5, 5.41) is 0. The van der Waals surface area contributed by atoms with Crippen molar-refractivity contribution in [3.63, 3.8) is 0 Å². The summed E-state index contributed by atoms with van der Waals surface area (Å²) in [6, 6.07) is 0. The van der Waals surface area contributed by atoms with Crippen molar-refractivity contribution < 1.29 is 39.5 Å². The van der Waals surface area contributed by atoms with Crippen molar-refractivity contribution in [2.24, 2.45) is 0 Å². The van der Waals surface area contributed by atoms with Crippen LogP contribution in [0.25, 0.3) is 0 Å². The Kier molecular flexibility index (Phi) is 5.24. The number of rotatable bonds is 0. The van der Waals surface area contributed by atoms with E-state index in [2.05, 4.69) is 0 Å². The Morgan fingerprint density at radius 1 is 0.867 bits per heavy atom. The van der Waals surface area contributed by atoms with Gasteiger partial charge < -0.3 is 0 Å². The van der Waals surface area contributed by atoms with Gasteiger partial charge in [-0.15, -0.1) is 0 Å². The Hall–Kier alpha value is -0.890. The molecule has 0 bridgehead atoms. The summed E-state index contributed by atoms with van der Waals surface area (Å²) in [5.41, 5.74) is 0. The predicted molar refractivity (Wildman–Crippen MR) is 33.0 cm³/mol. The summed E-state index contributed by atoms with van der Waals surface area (Å²) < 4.78 is 97.6. The normalized spacial score (nSPS) is 12.9. The lowest BCUT2D eigenvalue weighted by atomic mass is 10.4. The van der Waals surface area contributed by atoms with Gasteiger partial charge in [0.05, 0.1) is 0 Å².